The first-order chi connectivity index (χ1) is 3.13. The van der Waals surface area contributed by atoms with Gasteiger partial charge in [0.05, 0.1) is 0 Å². The fraction of sp³-hybridized carbons (Fsp3) is 1.00. The summed E-state index contributed by atoms with van der Waals surface area (Å²) in [5.41, 5.74) is 0. The summed E-state index contributed by atoms with van der Waals surface area (Å²) < 4.78 is 32.2. The SMILES string of the molecule is CS(=O)OS(=O)[O-]. The zero-order valence-electron chi connectivity index (χ0n) is 3.45. The standard InChI is InChI=1S/CH4O4S2/c1-6(2)5-7(3)4/h1H3,(H,3,4)/p-1. The zero-order valence-corrected chi connectivity index (χ0v) is 5.08. The molecule has 0 saturated carbocycles. The van der Waals surface area contributed by atoms with Crippen LogP contribution >= 0.6 is 0 Å². The van der Waals surface area contributed by atoms with E-state index < -0.39 is 22.4 Å². The van der Waals surface area contributed by atoms with Gasteiger partial charge in [-0.2, -0.15) is 0 Å². The van der Waals surface area contributed by atoms with Crippen LogP contribution in [0.5, 0.6) is 0 Å². The van der Waals surface area contributed by atoms with Gasteiger partial charge in [0.1, 0.15) is 11.4 Å². The largest absolute Gasteiger partial charge is 0.749 e. The van der Waals surface area contributed by atoms with Crippen LogP contribution in [0.3, 0.4) is 0 Å². The van der Waals surface area contributed by atoms with Crippen molar-refractivity contribution in [2.24, 2.45) is 0 Å². The van der Waals surface area contributed by atoms with Gasteiger partial charge in [-0.15, -0.1) is 0 Å². The van der Waals surface area contributed by atoms with Gasteiger partial charge in [0, 0.05) is 6.26 Å². The Kier molecular flexibility index (Phi) is 3.35. The fourth-order valence-corrected chi connectivity index (χ4v) is 0.704. The molecule has 0 bridgehead atoms. The highest BCUT2D eigenvalue weighted by Crippen LogP contribution is 1.80. The average molecular weight is 143 g/mol. The van der Waals surface area contributed by atoms with Crippen LogP contribution in [0.2, 0.25) is 0 Å². The predicted molar refractivity (Wildman–Crippen MR) is 24.1 cm³/mol. The maximum Gasteiger partial charge on any atom is 0.165 e. The van der Waals surface area contributed by atoms with E-state index in [1.807, 2.05) is 0 Å². The lowest BCUT2D eigenvalue weighted by Gasteiger charge is -1.97. The molecule has 6 heteroatoms. The van der Waals surface area contributed by atoms with Crippen molar-refractivity contribution >= 4 is 22.4 Å². The third-order valence-electron chi connectivity index (χ3n) is 0.151. The summed E-state index contributed by atoms with van der Waals surface area (Å²) in [7, 11) is 0. The van der Waals surface area contributed by atoms with Crippen LogP contribution in [0.1, 0.15) is 0 Å². The van der Waals surface area contributed by atoms with E-state index in [4.69, 9.17) is 0 Å². The van der Waals surface area contributed by atoms with Crippen molar-refractivity contribution in [3.8, 4) is 0 Å². The van der Waals surface area contributed by atoms with E-state index in [1.165, 1.54) is 0 Å². The molecule has 44 valence electrons. The second-order valence-corrected chi connectivity index (χ2v) is 2.43. The minimum atomic E-state index is -2.65. The van der Waals surface area contributed by atoms with E-state index >= 15 is 0 Å². The molecular weight excluding hydrogens is 140 g/mol. The summed E-state index contributed by atoms with van der Waals surface area (Å²) >= 11 is -4.35. The molecule has 0 aliphatic carbocycles. The van der Waals surface area contributed by atoms with E-state index in [9.17, 15) is 13.0 Å². The molecule has 0 saturated heterocycles. The topological polar surface area (TPSA) is 66.4 Å². The van der Waals surface area contributed by atoms with Crippen molar-refractivity contribution in [3.63, 3.8) is 0 Å². The Morgan fingerprint density at radius 3 is 2.00 bits per heavy atom. The molecule has 4 nitrogen and oxygen atoms in total. The third-order valence-corrected chi connectivity index (χ3v) is 1.36. The Morgan fingerprint density at radius 1 is 1.57 bits per heavy atom. The lowest BCUT2D eigenvalue weighted by Crippen LogP contribution is -1.96. The van der Waals surface area contributed by atoms with Gasteiger partial charge in [-0.25, -0.2) is 12.0 Å². The summed E-state index contributed by atoms with van der Waals surface area (Å²) in [5, 5.41) is 0. The molecule has 0 aromatic carbocycles. The Labute approximate surface area is 46.0 Å². The van der Waals surface area contributed by atoms with E-state index in [2.05, 4.69) is 3.63 Å². The number of hydrogen-bond acceptors (Lipinski definition) is 4. The molecule has 0 heterocycles. The monoisotopic (exact) mass is 143 g/mol. The predicted octanol–water partition coefficient (Wildman–Crippen LogP) is -0.909. The minimum absolute atomic E-state index is 1.12. The van der Waals surface area contributed by atoms with Gasteiger partial charge < -0.3 is 4.55 Å². The molecule has 0 rings (SSSR count). The van der Waals surface area contributed by atoms with Gasteiger partial charge in [0.2, 0.25) is 0 Å². The van der Waals surface area contributed by atoms with E-state index in [-0.39, 0.29) is 0 Å². The molecular formula is CH3O4S2-. The summed E-state index contributed by atoms with van der Waals surface area (Å²) in [6.07, 6.45) is 1.12. The van der Waals surface area contributed by atoms with Crippen molar-refractivity contribution in [2.45, 2.75) is 0 Å². The Morgan fingerprint density at radius 2 is 2.00 bits per heavy atom. The normalized spacial score (nSPS) is 18.6. The van der Waals surface area contributed by atoms with E-state index in [1.54, 1.807) is 0 Å². The molecule has 0 aromatic heterocycles. The molecule has 0 aliphatic rings. The van der Waals surface area contributed by atoms with E-state index in [0.717, 1.165) is 6.26 Å². The summed E-state index contributed by atoms with van der Waals surface area (Å²) in [6, 6.07) is 0. The van der Waals surface area contributed by atoms with Crippen LogP contribution in [0.4, 0.5) is 0 Å². The maximum atomic E-state index is 9.75. The first kappa shape index (κ1) is 7.22. The first-order valence-electron chi connectivity index (χ1n) is 1.24. The summed E-state index contributed by atoms with van der Waals surface area (Å²) in [6.45, 7) is 0. The maximum absolute atomic E-state index is 9.75. The molecule has 0 spiro atoms. The first-order valence-corrected chi connectivity index (χ1v) is 3.72. The Bertz CT molecular complexity index is 85.9. The second kappa shape index (κ2) is 3.25. The van der Waals surface area contributed by atoms with Gasteiger partial charge in [0.15, 0.2) is 11.1 Å². The van der Waals surface area contributed by atoms with Crippen LogP contribution in [0.15, 0.2) is 0 Å². The molecule has 0 amide bonds. The average Bonchev–Trinajstić information content (AvgIpc) is 1.27. The second-order valence-electron chi connectivity index (χ2n) is 0.674. The number of rotatable bonds is 2. The van der Waals surface area contributed by atoms with Crippen LogP contribution in [0, 0.1) is 0 Å². The van der Waals surface area contributed by atoms with Crippen molar-refractivity contribution in [3.05, 3.63) is 0 Å². The third kappa shape index (κ3) is 6.22. The summed E-state index contributed by atoms with van der Waals surface area (Å²) in [5.74, 6) is 0. The van der Waals surface area contributed by atoms with Crippen molar-refractivity contribution < 1.29 is 16.6 Å². The summed E-state index contributed by atoms with van der Waals surface area (Å²) in [4.78, 5) is 0. The Balaban J connectivity index is 3.32. The molecule has 2 atom stereocenters. The smallest absolute Gasteiger partial charge is 0.165 e. The van der Waals surface area contributed by atoms with Gasteiger partial charge in [0.25, 0.3) is 0 Å². The van der Waals surface area contributed by atoms with Gasteiger partial charge in [-0.3, -0.25) is 0 Å². The lowest BCUT2D eigenvalue weighted by molar-refractivity contribution is 0.453. The van der Waals surface area contributed by atoms with Crippen LogP contribution in [0.25, 0.3) is 0 Å². The van der Waals surface area contributed by atoms with Crippen molar-refractivity contribution in [2.75, 3.05) is 6.26 Å². The molecule has 7 heavy (non-hydrogen) atoms. The highest BCUT2D eigenvalue weighted by atomic mass is 32.3. The lowest BCUT2D eigenvalue weighted by atomic mass is 12.0. The molecule has 0 N–H and O–H groups in total. The van der Waals surface area contributed by atoms with Crippen LogP contribution in [-0.4, -0.2) is 19.2 Å². The fourth-order valence-electron chi connectivity index (χ4n) is 0.0782. The van der Waals surface area contributed by atoms with Crippen LogP contribution < -0.4 is 0 Å². The molecule has 0 radical (unpaired) electrons. The van der Waals surface area contributed by atoms with Gasteiger partial charge in [-0.1, -0.05) is 0 Å². The molecule has 0 aromatic rings. The minimum Gasteiger partial charge on any atom is -0.749 e. The highest BCUT2D eigenvalue weighted by molar-refractivity contribution is 7.90. The quantitative estimate of drug-likeness (QED) is 0.469. The van der Waals surface area contributed by atoms with Crippen LogP contribution in [-0.2, 0) is 26.1 Å². The zero-order chi connectivity index (χ0) is 5.86. The van der Waals surface area contributed by atoms with Crippen molar-refractivity contribution in [1.82, 2.24) is 0 Å². The van der Waals surface area contributed by atoms with Crippen molar-refractivity contribution in [1.29, 1.82) is 0 Å². The molecule has 0 fully saturated rings. The Hall–Kier alpha value is 0.220. The molecule has 0 aliphatic heterocycles. The highest BCUT2D eigenvalue weighted by Gasteiger charge is 1.84. The van der Waals surface area contributed by atoms with Gasteiger partial charge in [-0.05, 0) is 0 Å². The van der Waals surface area contributed by atoms with Gasteiger partial charge >= 0.3 is 0 Å². The number of hydrogen-bond donors (Lipinski definition) is 0. The van der Waals surface area contributed by atoms with E-state index in [0.29, 0.717) is 0 Å². The molecule has 2 unspecified atom stereocenters.